The number of nitrogens with one attached hydrogen (secondary N) is 2. The highest BCUT2D eigenvalue weighted by molar-refractivity contribution is 6.33. The molecule has 0 saturated heterocycles. The van der Waals surface area contributed by atoms with Crippen molar-refractivity contribution in [2.75, 3.05) is 30.3 Å². The molecule has 29 heavy (non-hydrogen) atoms. The van der Waals surface area contributed by atoms with Crippen molar-refractivity contribution in [3.05, 3.63) is 58.4 Å². The van der Waals surface area contributed by atoms with Gasteiger partial charge in [-0.25, -0.2) is 13.2 Å². The Bertz CT molecular complexity index is 909. The first-order valence-corrected chi connectivity index (χ1v) is 9.30. The molecular formula is C20H21ClF3N3O2. The summed E-state index contributed by atoms with van der Waals surface area (Å²) in [5.74, 6) is -5.53. The van der Waals surface area contributed by atoms with Crippen molar-refractivity contribution in [2.45, 2.75) is 20.3 Å². The quantitative estimate of drug-likeness (QED) is 0.615. The van der Waals surface area contributed by atoms with E-state index in [1.807, 2.05) is 13.8 Å². The van der Waals surface area contributed by atoms with Crippen LogP contribution in [0.15, 0.2) is 30.3 Å². The highest BCUT2D eigenvalue weighted by Crippen LogP contribution is 2.23. The maximum absolute atomic E-state index is 13.7. The number of benzene rings is 2. The average molecular weight is 428 g/mol. The van der Waals surface area contributed by atoms with E-state index in [0.29, 0.717) is 23.7 Å². The molecule has 0 aromatic heterocycles. The van der Waals surface area contributed by atoms with Crippen LogP contribution < -0.4 is 10.6 Å². The molecule has 2 N–H and O–H groups in total. The lowest BCUT2D eigenvalue weighted by Crippen LogP contribution is -2.39. The van der Waals surface area contributed by atoms with Crippen LogP contribution in [0.25, 0.3) is 0 Å². The van der Waals surface area contributed by atoms with Gasteiger partial charge in [0, 0.05) is 0 Å². The molecule has 9 heteroatoms. The Kier molecular flexibility index (Phi) is 8.04. The summed E-state index contributed by atoms with van der Waals surface area (Å²) in [4.78, 5) is 26.1. The molecule has 0 aliphatic carbocycles. The summed E-state index contributed by atoms with van der Waals surface area (Å²) in [5, 5.41) is 5.26. The third-order valence-electron chi connectivity index (χ3n) is 3.98. The molecule has 0 saturated carbocycles. The highest BCUT2D eigenvalue weighted by Gasteiger charge is 2.18. The second-order valence-electron chi connectivity index (χ2n) is 6.51. The van der Waals surface area contributed by atoms with Gasteiger partial charge < -0.3 is 10.6 Å². The Hall–Kier alpha value is -2.58. The molecule has 0 bridgehead atoms. The van der Waals surface area contributed by atoms with Crippen LogP contribution in [0.1, 0.15) is 18.9 Å². The molecule has 0 aliphatic heterocycles. The predicted octanol–water partition coefficient (Wildman–Crippen LogP) is 4.35. The SMILES string of the molecule is CCCN(CC(=O)Nc1ccc(C)cc1Cl)CC(=O)Nc1ccc(F)c(F)c1F. The highest BCUT2D eigenvalue weighted by atomic mass is 35.5. The number of halogens is 4. The predicted molar refractivity (Wildman–Crippen MR) is 106 cm³/mol. The maximum Gasteiger partial charge on any atom is 0.238 e. The lowest BCUT2D eigenvalue weighted by Gasteiger charge is -2.21. The minimum atomic E-state index is -1.66. The Labute approximate surface area is 171 Å². The molecule has 0 unspecified atom stereocenters. The fraction of sp³-hybridized carbons (Fsp3) is 0.300. The molecule has 0 atom stereocenters. The molecule has 0 aliphatic rings. The van der Waals surface area contributed by atoms with Crippen molar-refractivity contribution >= 4 is 34.8 Å². The second-order valence-corrected chi connectivity index (χ2v) is 6.92. The third kappa shape index (κ3) is 6.47. The van der Waals surface area contributed by atoms with Crippen LogP contribution in [0, 0.1) is 24.4 Å². The van der Waals surface area contributed by atoms with Gasteiger partial charge in [-0.05, 0) is 49.7 Å². The fourth-order valence-corrected chi connectivity index (χ4v) is 2.94. The monoisotopic (exact) mass is 427 g/mol. The van der Waals surface area contributed by atoms with Gasteiger partial charge in [-0.15, -0.1) is 0 Å². The smallest absolute Gasteiger partial charge is 0.238 e. The van der Waals surface area contributed by atoms with Crippen LogP contribution in [0.3, 0.4) is 0 Å². The van der Waals surface area contributed by atoms with E-state index < -0.39 is 29.0 Å². The van der Waals surface area contributed by atoms with Gasteiger partial charge in [0.1, 0.15) is 0 Å². The Balaban J connectivity index is 1.99. The molecule has 2 aromatic carbocycles. The van der Waals surface area contributed by atoms with Gasteiger partial charge in [0.15, 0.2) is 17.5 Å². The summed E-state index contributed by atoms with van der Waals surface area (Å²) < 4.78 is 40.0. The average Bonchev–Trinajstić information content (AvgIpc) is 2.64. The molecule has 2 rings (SSSR count). The molecule has 0 spiro atoms. The van der Waals surface area contributed by atoms with Gasteiger partial charge in [0.25, 0.3) is 0 Å². The van der Waals surface area contributed by atoms with Crippen molar-refractivity contribution in [3.63, 3.8) is 0 Å². The lowest BCUT2D eigenvalue weighted by molar-refractivity contribution is -0.120. The van der Waals surface area contributed by atoms with Crippen LogP contribution in [0.2, 0.25) is 5.02 Å². The van der Waals surface area contributed by atoms with E-state index in [9.17, 15) is 22.8 Å². The van der Waals surface area contributed by atoms with Crippen LogP contribution in [0.5, 0.6) is 0 Å². The van der Waals surface area contributed by atoms with Crippen molar-refractivity contribution < 1.29 is 22.8 Å². The van der Waals surface area contributed by atoms with E-state index >= 15 is 0 Å². The summed E-state index contributed by atoms with van der Waals surface area (Å²) in [7, 11) is 0. The zero-order valence-electron chi connectivity index (χ0n) is 16.0. The second kappa shape index (κ2) is 10.3. The van der Waals surface area contributed by atoms with Crippen LogP contribution in [0.4, 0.5) is 24.5 Å². The third-order valence-corrected chi connectivity index (χ3v) is 4.29. The normalized spacial score (nSPS) is 10.9. The van der Waals surface area contributed by atoms with Gasteiger partial charge in [0.2, 0.25) is 11.8 Å². The molecule has 5 nitrogen and oxygen atoms in total. The fourth-order valence-electron chi connectivity index (χ4n) is 2.66. The first kappa shape index (κ1) is 22.7. The van der Waals surface area contributed by atoms with E-state index in [4.69, 9.17) is 11.6 Å². The molecule has 156 valence electrons. The standard InChI is InChI=1S/C20H21ClF3N3O2/c1-3-8-27(10-17(28)25-15-6-4-12(2)9-13(15)21)11-18(29)26-16-7-5-14(22)19(23)20(16)24/h4-7,9H,3,8,10-11H2,1-2H3,(H,25,28)(H,26,29). The first-order valence-electron chi connectivity index (χ1n) is 8.93. The molecule has 0 fully saturated rings. The summed E-state index contributed by atoms with van der Waals surface area (Å²) in [5.41, 5.74) is 0.926. The number of hydrogen-bond acceptors (Lipinski definition) is 3. The largest absolute Gasteiger partial charge is 0.324 e. The topological polar surface area (TPSA) is 61.4 Å². The Morgan fingerprint density at radius 1 is 0.966 bits per heavy atom. The van der Waals surface area contributed by atoms with E-state index in [-0.39, 0.29) is 19.0 Å². The van der Waals surface area contributed by atoms with E-state index in [1.165, 1.54) is 0 Å². The molecule has 0 heterocycles. The Morgan fingerprint density at radius 2 is 1.55 bits per heavy atom. The maximum atomic E-state index is 13.7. The minimum Gasteiger partial charge on any atom is -0.324 e. The number of rotatable bonds is 8. The zero-order valence-corrected chi connectivity index (χ0v) is 16.7. The van der Waals surface area contributed by atoms with Crippen LogP contribution in [-0.2, 0) is 9.59 Å². The van der Waals surface area contributed by atoms with Gasteiger partial charge in [0.05, 0.1) is 29.5 Å². The van der Waals surface area contributed by atoms with Crippen LogP contribution >= 0.6 is 11.6 Å². The van der Waals surface area contributed by atoms with Gasteiger partial charge in [-0.2, -0.15) is 0 Å². The summed E-state index contributed by atoms with van der Waals surface area (Å²) in [6, 6.07) is 6.84. The molecule has 0 radical (unpaired) electrons. The summed E-state index contributed by atoms with van der Waals surface area (Å²) in [6.45, 7) is 3.82. The van der Waals surface area contributed by atoms with Crippen molar-refractivity contribution in [1.29, 1.82) is 0 Å². The summed E-state index contributed by atoms with van der Waals surface area (Å²) >= 11 is 6.10. The molecule has 2 amide bonds. The van der Waals surface area contributed by atoms with E-state index in [2.05, 4.69) is 10.6 Å². The minimum absolute atomic E-state index is 0.105. The summed E-state index contributed by atoms with van der Waals surface area (Å²) in [6.07, 6.45) is 0.658. The van der Waals surface area contributed by atoms with Crippen LogP contribution in [-0.4, -0.2) is 36.3 Å². The lowest BCUT2D eigenvalue weighted by atomic mass is 10.2. The number of nitrogens with zero attached hydrogens (tertiary/aromatic N) is 1. The number of hydrogen-bond donors (Lipinski definition) is 2. The van der Waals surface area contributed by atoms with Gasteiger partial charge in [-0.1, -0.05) is 24.6 Å². The molecular weight excluding hydrogens is 407 g/mol. The first-order chi connectivity index (χ1) is 13.7. The van der Waals surface area contributed by atoms with Crippen molar-refractivity contribution in [2.24, 2.45) is 0 Å². The van der Waals surface area contributed by atoms with E-state index in [1.54, 1.807) is 23.1 Å². The number of amides is 2. The van der Waals surface area contributed by atoms with Crippen molar-refractivity contribution in [3.8, 4) is 0 Å². The number of carbonyl (C=O) groups is 2. The van der Waals surface area contributed by atoms with Gasteiger partial charge in [-0.3, -0.25) is 14.5 Å². The van der Waals surface area contributed by atoms with E-state index in [0.717, 1.165) is 17.7 Å². The Morgan fingerprint density at radius 3 is 2.14 bits per heavy atom. The number of carbonyl (C=O) groups excluding carboxylic acids is 2. The number of anilines is 2. The zero-order chi connectivity index (χ0) is 21.6. The number of aryl methyl sites for hydroxylation is 1. The molecule has 2 aromatic rings. The van der Waals surface area contributed by atoms with Crippen molar-refractivity contribution in [1.82, 2.24) is 4.90 Å². The van der Waals surface area contributed by atoms with Gasteiger partial charge >= 0.3 is 0 Å².